The van der Waals surface area contributed by atoms with Gasteiger partial charge in [-0.2, -0.15) is 13.2 Å². The molecule has 162 valence electrons. The smallest absolute Gasteiger partial charge is 0.422 e. The number of ether oxygens (including phenoxy) is 1. The monoisotopic (exact) mass is 422 g/mol. The minimum Gasteiger partial charge on any atom is -0.484 e. The number of nitrogens with one attached hydrogen (secondary N) is 2. The maximum Gasteiger partial charge on any atom is 0.422 e. The van der Waals surface area contributed by atoms with Crippen LogP contribution in [0.2, 0.25) is 0 Å². The van der Waals surface area contributed by atoms with Crippen molar-refractivity contribution in [3.63, 3.8) is 0 Å². The first-order valence-corrected chi connectivity index (χ1v) is 9.37. The Balaban J connectivity index is 1.95. The lowest BCUT2D eigenvalue weighted by Crippen LogP contribution is -2.41. The lowest BCUT2D eigenvalue weighted by molar-refractivity contribution is -0.153. The van der Waals surface area contributed by atoms with E-state index in [2.05, 4.69) is 36.1 Å². The summed E-state index contributed by atoms with van der Waals surface area (Å²) in [5.41, 5.74) is 1.72. The van der Waals surface area contributed by atoms with Crippen LogP contribution in [-0.2, 0) is 10.2 Å². The maximum absolute atomic E-state index is 12.4. The van der Waals surface area contributed by atoms with Crippen LogP contribution in [0.25, 0.3) is 0 Å². The molecule has 0 heterocycles. The Hall–Kier alpha value is -3.03. The van der Waals surface area contributed by atoms with Crippen LogP contribution in [0.4, 0.5) is 18.9 Å². The zero-order chi connectivity index (χ0) is 22.5. The van der Waals surface area contributed by atoms with Crippen LogP contribution < -0.4 is 15.4 Å². The van der Waals surface area contributed by atoms with Crippen molar-refractivity contribution in [3.05, 3.63) is 59.7 Å². The number of benzene rings is 2. The Kier molecular flexibility index (Phi) is 7.12. The second kappa shape index (κ2) is 9.19. The molecule has 2 rings (SSSR count). The molecule has 0 aliphatic heterocycles. The number of amides is 2. The van der Waals surface area contributed by atoms with Gasteiger partial charge in [-0.15, -0.1) is 0 Å². The predicted molar refractivity (Wildman–Crippen MR) is 109 cm³/mol. The molecular formula is C22H25F3N2O3. The minimum atomic E-state index is -4.46. The molecule has 2 aromatic carbocycles. The van der Waals surface area contributed by atoms with E-state index in [0.29, 0.717) is 5.56 Å². The highest BCUT2D eigenvalue weighted by Gasteiger charge is 2.28. The van der Waals surface area contributed by atoms with E-state index in [4.69, 9.17) is 0 Å². The van der Waals surface area contributed by atoms with Crippen LogP contribution in [0.3, 0.4) is 0 Å². The Bertz CT molecular complexity index is 888. The van der Waals surface area contributed by atoms with Gasteiger partial charge in [0.1, 0.15) is 11.8 Å². The van der Waals surface area contributed by atoms with Crippen molar-refractivity contribution in [2.45, 2.75) is 45.3 Å². The zero-order valence-corrected chi connectivity index (χ0v) is 17.3. The molecule has 0 radical (unpaired) electrons. The Morgan fingerprint density at radius 3 is 2.23 bits per heavy atom. The van der Waals surface area contributed by atoms with Crippen molar-refractivity contribution in [3.8, 4) is 5.75 Å². The van der Waals surface area contributed by atoms with E-state index < -0.39 is 30.6 Å². The summed E-state index contributed by atoms with van der Waals surface area (Å²) < 4.78 is 41.5. The number of hydrogen-bond acceptors (Lipinski definition) is 3. The van der Waals surface area contributed by atoms with E-state index in [9.17, 15) is 22.8 Å². The second-order valence-corrected chi connectivity index (χ2v) is 7.94. The molecule has 2 aromatic rings. The van der Waals surface area contributed by atoms with Crippen molar-refractivity contribution in [2.24, 2.45) is 0 Å². The molecule has 0 saturated carbocycles. The van der Waals surface area contributed by atoms with Gasteiger partial charge in [0.25, 0.3) is 5.91 Å². The van der Waals surface area contributed by atoms with E-state index in [0.717, 1.165) is 5.56 Å². The molecule has 0 saturated heterocycles. The molecule has 0 aromatic heterocycles. The van der Waals surface area contributed by atoms with Gasteiger partial charge >= 0.3 is 6.18 Å². The lowest BCUT2D eigenvalue weighted by atomic mass is 9.86. The number of carbonyl (C=O) groups excluding carboxylic acids is 2. The SMILES string of the molecule is CC(NC(=O)c1ccc(C(C)(C)C)cc1)C(=O)Nc1cccc(OCC(F)(F)F)c1. The summed E-state index contributed by atoms with van der Waals surface area (Å²) in [5.74, 6) is -0.941. The van der Waals surface area contributed by atoms with Crippen molar-refractivity contribution in [2.75, 3.05) is 11.9 Å². The molecule has 2 N–H and O–H groups in total. The third-order valence-electron chi connectivity index (χ3n) is 4.26. The van der Waals surface area contributed by atoms with Crippen LogP contribution >= 0.6 is 0 Å². The molecule has 0 spiro atoms. The van der Waals surface area contributed by atoms with Gasteiger partial charge in [0.2, 0.25) is 5.91 Å². The molecule has 1 atom stereocenters. The molecule has 0 aliphatic rings. The molecular weight excluding hydrogens is 397 g/mol. The lowest BCUT2D eigenvalue weighted by Gasteiger charge is -2.19. The van der Waals surface area contributed by atoms with Crippen LogP contribution in [0.5, 0.6) is 5.75 Å². The van der Waals surface area contributed by atoms with Gasteiger partial charge in [0.05, 0.1) is 0 Å². The molecule has 0 aliphatic carbocycles. The predicted octanol–water partition coefficient (Wildman–Crippen LogP) is 4.68. The second-order valence-electron chi connectivity index (χ2n) is 7.94. The summed E-state index contributed by atoms with van der Waals surface area (Å²) in [6.07, 6.45) is -4.46. The third-order valence-corrected chi connectivity index (χ3v) is 4.26. The third kappa shape index (κ3) is 7.09. The fourth-order valence-electron chi connectivity index (χ4n) is 2.55. The number of hydrogen-bond donors (Lipinski definition) is 2. The average Bonchev–Trinajstić information content (AvgIpc) is 2.65. The maximum atomic E-state index is 12.4. The highest BCUT2D eigenvalue weighted by Crippen LogP contribution is 2.23. The summed E-state index contributed by atoms with van der Waals surface area (Å²) in [7, 11) is 0. The summed E-state index contributed by atoms with van der Waals surface area (Å²) in [4.78, 5) is 24.7. The van der Waals surface area contributed by atoms with Gasteiger partial charge in [-0.1, -0.05) is 39.0 Å². The van der Waals surface area contributed by atoms with Crippen molar-refractivity contribution >= 4 is 17.5 Å². The molecule has 2 amide bonds. The van der Waals surface area contributed by atoms with Crippen LogP contribution in [0.15, 0.2) is 48.5 Å². The van der Waals surface area contributed by atoms with E-state index >= 15 is 0 Å². The van der Waals surface area contributed by atoms with E-state index in [1.165, 1.54) is 31.2 Å². The summed E-state index contributed by atoms with van der Waals surface area (Å²) >= 11 is 0. The van der Waals surface area contributed by atoms with Crippen molar-refractivity contribution < 1.29 is 27.5 Å². The quantitative estimate of drug-likeness (QED) is 0.710. The molecule has 30 heavy (non-hydrogen) atoms. The molecule has 8 heteroatoms. The number of halogens is 3. The van der Waals surface area contributed by atoms with Gasteiger partial charge in [-0.05, 0) is 42.2 Å². The standard InChI is InChI=1S/C22H25F3N2O3/c1-14(26-20(29)15-8-10-16(11-9-15)21(2,3)4)19(28)27-17-6-5-7-18(12-17)30-13-22(23,24)25/h5-12,14H,13H2,1-4H3,(H,26,29)(H,27,28). The highest BCUT2D eigenvalue weighted by atomic mass is 19.4. The Labute approximate surface area is 173 Å². The zero-order valence-electron chi connectivity index (χ0n) is 17.3. The number of carbonyl (C=O) groups is 2. The summed E-state index contributed by atoms with van der Waals surface area (Å²) in [6, 6.07) is 11.9. The summed E-state index contributed by atoms with van der Waals surface area (Å²) in [5, 5.41) is 5.15. The number of rotatable bonds is 6. The van der Waals surface area contributed by atoms with Crippen LogP contribution in [0.1, 0.15) is 43.6 Å². The number of anilines is 1. The molecule has 5 nitrogen and oxygen atoms in total. The van der Waals surface area contributed by atoms with Crippen LogP contribution in [0, 0.1) is 0 Å². The first kappa shape index (κ1) is 23.3. The molecule has 0 fully saturated rings. The Morgan fingerprint density at radius 2 is 1.67 bits per heavy atom. The van der Waals surface area contributed by atoms with Gasteiger partial charge in [-0.25, -0.2) is 0 Å². The molecule has 0 bridgehead atoms. The summed E-state index contributed by atoms with van der Waals surface area (Å²) in [6.45, 7) is 6.29. The number of alkyl halides is 3. The van der Waals surface area contributed by atoms with E-state index in [-0.39, 0.29) is 16.9 Å². The fourth-order valence-corrected chi connectivity index (χ4v) is 2.55. The van der Waals surface area contributed by atoms with Crippen molar-refractivity contribution in [1.82, 2.24) is 5.32 Å². The minimum absolute atomic E-state index is 0.0271. The topological polar surface area (TPSA) is 67.4 Å². The van der Waals surface area contributed by atoms with Crippen molar-refractivity contribution in [1.29, 1.82) is 0 Å². The normalized spacial score (nSPS) is 12.8. The average molecular weight is 422 g/mol. The first-order valence-electron chi connectivity index (χ1n) is 9.37. The Morgan fingerprint density at radius 1 is 1.03 bits per heavy atom. The van der Waals surface area contributed by atoms with E-state index in [1.807, 2.05) is 12.1 Å². The van der Waals surface area contributed by atoms with Gasteiger partial charge in [0.15, 0.2) is 6.61 Å². The van der Waals surface area contributed by atoms with E-state index in [1.54, 1.807) is 12.1 Å². The van der Waals surface area contributed by atoms with Gasteiger partial charge in [-0.3, -0.25) is 9.59 Å². The van der Waals surface area contributed by atoms with Gasteiger partial charge < -0.3 is 15.4 Å². The molecule has 1 unspecified atom stereocenters. The van der Waals surface area contributed by atoms with Crippen LogP contribution in [-0.4, -0.2) is 30.6 Å². The fraction of sp³-hybridized carbons (Fsp3) is 0.364. The van der Waals surface area contributed by atoms with Gasteiger partial charge in [0, 0.05) is 17.3 Å². The highest BCUT2D eigenvalue weighted by molar-refractivity contribution is 6.01. The largest absolute Gasteiger partial charge is 0.484 e. The first-order chi connectivity index (χ1) is 13.8.